The van der Waals surface area contributed by atoms with Crippen LogP contribution < -0.4 is 5.73 Å². The van der Waals surface area contributed by atoms with Crippen molar-refractivity contribution in [3.05, 3.63) is 0 Å². The quantitative estimate of drug-likeness (QED) is 0.738. The summed E-state index contributed by atoms with van der Waals surface area (Å²) in [4.78, 5) is 2.19. The molecule has 0 spiro atoms. The molecule has 1 fully saturated rings. The lowest BCUT2D eigenvalue weighted by atomic mass is 10.0. The fourth-order valence-electron chi connectivity index (χ4n) is 1.78. The molecule has 1 heterocycles. The summed E-state index contributed by atoms with van der Waals surface area (Å²) in [5, 5.41) is -0.795. The minimum atomic E-state index is -3.42. The van der Waals surface area contributed by atoms with Gasteiger partial charge < -0.3 is 5.73 Å². The summed E-state index contributed by atoms with van der Waals surface area (Å²) < 4.78 is 26.0. The van der Waals surface area contributed by atoms with Crippen LogP contribution in [0.15, 0.2) is 0 Å². The van der Waals surface area contributed by atoms with Crippen LogP contribution in [0.1, 0.15) is 20.8 Å². The van der Waals surface area contributed by atoms with E-state index in [2.05, 4.69) is 4.90 Å². The van der Waals surface area contributed by atoms with E-state index in [4.69, 9.17) is 18.0 Å². The van der Waals surface area contributed by atoms with Crippen LogP contribution in [-0.4, -0.2) is 60.1 Å². The highest BCUT2D eigenvalue weighted by molar-refractivity contribution is 7.92. The van der Waals surface area contributed by atoms with E-state index in [0.717, 1.165) is 6.54 Å². The number of hydrogen-bond acceptors (Lipinski definition) is 4. The van der Waals surface area contributed by atoms with Crippen molar-refractivity contribution >= 4 is 27.2 Å². The van der Waals surface area contributed by atoms with Crippen molar-refractivity contribution in [3.63, 3.8) is 0 Å². The lowest BCUT2D eigenvalue weighted by Crippen LogP contribution is -2.60. The van der Waals surface area contributed by atoms with Gasteiger partial charge >= 0.3 is 0 Å². The smallest absolute Gasteiger partial charge is 0.223 e. The van der Waals surface area contributed by atoms with E-state index >= 15 is 0 Å². The largest absolute Gasteiger partial charge is 0.392 e. The maximum absolute atomic E-state index is 12.3. The first kappa shape index (κ1) is 14.8. The second kappa shape index (κ2) is 4.79. The molecule has 1 aliphatic heterocycles. The summed E-state index contributed by atoms with van der Waals surface area (Å²) in [6.07, 6.45) is 0. The van der Waals surface area contributed by atoms with Crippen molar-refractivity contribution in [2.24, 2.45) is 5.73 Å². The Hall–Kier alpha value is -0.240. The molecule has 1 unspecified atom stereocenters. The van der Waals surface area contributed by atoms with Crippen LogP contribution in [-0.2, 0) is 10.0 Å². The molecule has 2 N–H and O–H groups in total. The maximum atomic E-state index is 12.3. The topological polar surface area (TPSA) is 66.6 Å². The van der Waals surface area contributed by atoms with E-state index in [-0.39, 0.29) is 10.5 Å². The SMILES string of the molecule is CC(C(N)=S)S(=O)(=O)N1CCN(C)C(C)(C)C1. The molecule has 0 saturated carbocycles. The maximum Gasteiger partial charge on any atom is 0.223 e. The van der Waals surface area contributed by atoms with Crippen LogP contribution in [0, 0.1) is 0 Å². The van der Waals surface area contributed by atoms with E-state index in [1.807, 2.05) is 20.9 Å². The van der Waals surface area contributed by atoms with Gasteiger partial charge in [-0.3, -0.25) is 4.90 Å². The van der Waals surface area contributed by atoms with Crippen molar-refractivity contribution in [1.29, 1.82) is 0 Å². The molecule has 7 heteroatoms. The Labute approximate surface area is 109 Å². The van der Waals surface area contributed by atoms with Gasteiger partial charge in [0.15, 0.2) is 0 Å². The first-order chi connectivity index (χ1) is 7.59. The molecule has 5 nitrogen and oxygen atoms in total. The van der Waals surface area contributed by atoms with Crippen molar-refractivity contribution in [3.8, 4) is 0 Å². The first-order valence-corrected chi connectivity index (χ1v) is 7.49. The number of sulfonamides is 1. The zero-order valence-corrected chi connectivity index (χ0v) is 12.4. The van der Waals surface area contributed by atoms with Gasteiger partial charge in [0.1, 0.15) is 5.25 Å². The molecule has 0 aromatic carbocycles. The Morgan fingerprint density at radius 1 is 1.41 bits per heavy atom. The van der Waals surface area contributed by atoms with E-state index < -0.39 is 15.3 Å². The van der Waals surface area contributed by atoms with Crippen molar-refractivity contribution in [1.82, 2.24) is 9.21 Å². The predicted octanol–water partition coefficient (Wildman–Crippen LogP) is 0.0168. The fraction of sp³-hybridized carbons (Fsp3) is 0.900. The highest BCUT2D eigenvalue weighted by Gasteiger charge is 2.39. The summed E-state index contributed by atoms with van der Waals surface area (Å²) in [5.41, 5.74) is 5.27. The lowest BCUT2D eigenvalue weighted by molar-refractivity contribution is 0.0800. The van der Waals surface area contributed by atoms with Crippen molar-refractivity contribution in [2.75, 3.05) is 26.7 Å². The number of thiocarbonyl (C=S) groups is 1. The molecule has 1 saturated heterocycles. The summed E-state index contributed by atoms with van der Waals surface area (Å²) in [7, 11) is -1.41. The molecule has 100 valence electrons. The molecule has 1 atom stereocenters. The zero-order valence-electron chi connectivity index (χ0n) is 10.8. The van der Waals surface area contributed by atoms with E-state index in [1.54, 1.807) is 6.92 Å². The molecular weight excluding hydrogens is 258 g/mol. The van der Waals surface area contributed by atoms with Gasteiger partial charge in [-0.25, -0.2) is 8.42 Å². The third kappa shape index (κ3) is 2.96. The standard InChI is InChI=1S/C10H21N3O2S2/c1-8(9(11)16)17(14,15)13-6-5-12(4)10(2,3)7-13/h8H,5-7H2,1-4H3,(H2,11,16). The van der Waals surface area contributed by atoms with Gasteiger partial charge in [-0.1, -0.05) is 12.2 Å². The Balaban J connectivity index is 2.92. The molecule has 0 aromatic heterocycles. The van der Waals surface area contributed by atoms with Crippen molar-refractivity contribution < 1.29 is 8.42 Å². The molecule has 0 aliphatic carbocycles. The van der Waals surface area contributed by atoms with Gasteiger partial charge in [-0.05, 0) is 27.8 Å². The summed E-state index contributed by atoms with van der Waals surface area (Å²) in [6, 6.07) is 0. The highest BCUT2D eigenvalue weighted by atomic mass is 32.2. The Morgan fingerprint density at radius 2 is 1.94 bits per heavy atom. The van der Waals surface area contributed by atoms with Gasteiger partial charge in [0, 0.05) is 25.2 Å². The van der Waals surface area contributed by atoms with E-state index in [0.29, 0.717) is 13.1 Å². The average Bonchev–Trinajstić information content (AvgIpc) is 2.20. The highest BCUT2D eigenvalue weighted by Crippen LogP contribution is 2.22. The lowest BCUT2D eigenvalue weighted by Gasteiger charge is -2.45. The number of likely N-dealkylation sites (N-methyl/N-ethyl adjacent to an activating group) is 1. The Morgan fingerprint density at radius 3 is 2.35 bits per heavy atom. The molecule has 1 aliphatic rings. The summed E-state index contributed by atoms with van der Waals surface area (Å²) in [5.74, 6) is 0. The van der Waals surface area contributed by atoms with Crippen LogP contribution in [0.4, 0.5) is 0 Å². The zero-order chi connectivity index (χ0) is 13.4. The second-order valence-corrected chi connectivity index (χ2v) is 7.88. The predicted molar refractivity (Wildman–Crippen MR) is 73.4 cm³/mol. The molecule has 0 radical (unpaired) electrons. The number of rotatable bonds is 3. The first-order valence-electron chi connectivity index (χ1n) is 5.58. The fourth-order valence-corrected chi connectivity index (χ4v) is 3.72. The Bertz CT molecular complexity index is 406. The number of piperazine rings is 1. The van der Waals surface area contributed by atoms with Crippen LogP contribution in [0.3, 0.4) is 0 Å². The summed E-state index contributed by atoms with van der Waals surface area (Å²) in [6.45, 7) is 7.29. The van der Waals surface area contributed by atoms with E-state index in [1.165, 1.54) is 4.31 Å². The third-order valence-electron chi connectivity index (χ3n) is 3.49. The molecule has 17 heavy (non-hydrogen) atoms. The van der Waals surface area contributed by atoms with Gasteiger partial charge in [-0.15, -0.1) is 0 Å². The van der Waals surface area contributed by atoms with Crippen LogP contribution in [0.2, 0.25) is 0 Å². The number of nitrogens with two attached hydrogens (primary N) is 1. The second-order valence-electron chi connectivity index (χ2n) is 5.16. The normalized spacial score (nSPS) is 24.5. The van der Waals surface area contributed by atoms with Crippen LogP contribution >= 0.6 is 12.2 Å². The molecular formula is C10H21N3O2S2. The Kier molecular flexibility index (Phi) is 4.18. The summed E-state index contributed by atoms with van der Waals surface area (Å²) >= 11 is 4.78. The molecule has 1 rings (SSSR count). The molecule has 0 aromatic rings. The third-order valence-corrected chi connectivity index (χ3v) is 6.17. The van der Waals surface area contributed by atoms with Crippen molar-refractivity contribution in [2.45, 2.75) is 31.6 Å². The molecule has 0 bridgehead atoms. The average molecular weight is 279 g/mol. The van der Waals surface area contributed by atoms with E-state index in [9.17, 15) is 8.42 Å². The van der Waals surface area contributed by atoms with Gasteiger partial charge in [0.2, 0.25) is 10.0 Å². The molecule has 0 amide bonds. The monoisotopic (exact) mass is 279 g/mol. The van der Waals surface area contributed by atoms with Crippen LogP contribution in [0.25, 0.3) is 0 Å². The van der Waals surface area contributed by atoms with Gasteiger partial charge in [0.05, 0.1) is 4.99 Å². The number of nitrogens with zero attached hydrogens (tertiary/aromatic N) is 2. The minimum absolute atomic E-state index is 0.0294. The van der Waals surface area contributed by atoms with Crippen LogP contribution in [0.5, 0.6) is 0 Å². The number of hydrogen-bond donors (Lipinski definition) is 1. The van der Waals surface area contributed by atoms with Gasteiger partial charge in [-0.2, -0.15) is 4.31 Å². The minimum Gasteiger partial charge on any atom is -0.392 e. The van der Waals surface area contributed by atoms with Gasteiger partial charge in [0.25, 0.3) is 0 Å².